The van der Waals surface area contributed by atoms with Crippen molar-refractivity contribution in [3.63, 3.8) is 0 Å². The van der Waals surface area contributed by atoms with Crippen molar-refractivity contribution in [3.05, 3.63) is 0 Å². The number of nitrogens with zero attached hydrogens (tertiary/aromatic N) is 1. The van der Waals surface area contributed by atoms with Crippen molar-refractivity contribution < 1.29 is 4.74 Å². The molecule has 0 amide bonds. The highest BCUT2D eigenvalue weighted by Gasteiger charge is 2.18. The third-order valence-electron chi connectivity index (χ3n) is 1.89. The zero-order chi connectivity index (χ0) is 9.73. The van der Waals surface area contributed by atoms with Gasteiger partial charge in [0.25, 0.3) is 0 Å². The summed E-state index contributed by atoms with van der Waals surface area (Å²) in [7, 11) is 0. The van der Waals surface area contributed by atoms with Crippen LogP contribution in [0, 0.1) is 0 Å². The first-order valence-corrected chi connectivity index (χ1v) is 4.80. The fourth-order valence-electron chi connectivity index (χ4n) is 1.25. The lowest BCUT2D eigenvalue weighted by molar-refractivity contribution is -0.00580. The maximum Gasteiger partial charge on any atom is 0.191 e. The van der Waals surface area contributed by atoms with Crippen LogP contribution >= 0.6 is 0 Å². The topological polar surface area (TPSA) is 45.6 Å². The summed E-state index contributed by atoms with van der Waals surface area (Å²) in [5.41, 5.74) is -0.123. The second-order valence-electron chi connectivity index (χ2n) is 3.70. The zero-order valence-corrected chi connectivity index (χ0v) is 8.68. The molecule has 4 nitrogen and oxygen atoms in total. The minimum atomic E-state index is -0.123. The van der Waals surface area contributed by atoms with Crippen LogP contribution in [0.25, 0.3) is 0 Å². The van der Waals surface area contributed by atoms with E-state index in [9.17, 15) is 0 Å². The highest BCUT2D eigenvalue weighted by molar-refractivity contribution is 5.81. The fourth-order valence-corrected chi connectivity index (χ4v) is 1.25. The molecule has 1 aliphatic heterocycles. The van der Waals surface area contributed by atoms with Gasteiger partial charge in [-0.2, -0.15) is 0 Å². The molecule has 0 saturated heterocycles. The predicted octanol–water partition coefficient (Wildman–Crippen LogP) is 0.350. The second-order valence-corrected chi connectivity index (χ2v) is 3.70. The molecular weight excluding hydrogens is 166 g/mol. The average molecular weight is 185 g/mol. The van der Waals surface area contributed by atoms with E-state index in [4.69, 9.17) is 4.74 Å². The van der Waals surface area contributed by atoms with Gasteiger partial charge < -0.3 is 15.4 Å². The summed E-state index contributed by atoms with van der Waals surface area (Å²) in [5.74, 6) is 0.896. The summed E-state index contributed by atoms with van der Waals surface area (Å²) >= 11 is 0. The number of guanidine groups is 1. The summed E-state index contributed by atoms with van der Waals surface area (Å²) in [4.78, 5) is 4.24. The number of rotatable bonds is 4. The minimum absolute atomic E-state index is 0.123. The lowest BCUT2D eigenvalue weighted by Crippen LogP contribution is -2.44. The van der Waals surface area contributed by atoms with E-state index >= 15 is 0 Å². The molecule has 0 saturated carbocycles. The van der Waals surface area contributed by atoms with Crippen molar-refractivity contribution in [2.75, 3.05) is 26.2 Å². The van der Waals surface area contributed by atoms with E-state index < -0.39 is 0 Å². The highest BCUT2D eigenvalue weighted by atomic mass is 16.5. The number of nitrogens with one attached hydrogen (secondary N) is 2. The lowest BCUT2D eigenvalue weighted by atomic mass is 10.1. The Morgan fingerprint density at radius 1 is 1.62 bits per heavy atom. The van der Waals surface area contributed by atoms with Crippen molar-refractivity contribution in [3.8, 4) is 0 Å². The standard InChI is InChI=1S/C9H19N3O/c1-4-13-9(2,3)7-12-8-10-5-6-11-8/h4-7H2,1-3H3,(H2,10,11,12). The van der Waals surface area contributed by atoms with Gasteiger partial charge in [0, 0.05) is 19.7 Å². The maximum atomic E-state index is 5.54. The Hall–Kier alpha value is -0.770. The van der Waals surface area contributed by atoms with E-state index in [1.807, 2.05) is 6.92 Å². The molecule has 2 N–H and O–H groups in total. The first-order valence-electron chi connectivity index (χ1n) is 4.80. The molecule has 13 heavy (non-hydrogen) atoms. The smallest absolute Gasteiger partial charge is 0.191 e. The summed E-state index contributed by atoms with van der Waals surface area (Å²) < 4.78 is 5.54. The minimum Gasteiger partial charge on any atom is -0.374 e. The van der Waals surface area contributed by atoms with Crippen molar-refractivity contribution in [2.45, 2.75) is 26.4 Å². The molecule has 0 aliphatic carbocycles. The Kier molecular flexibility index (Phi) is 3.54. The quantitative estimate of drug-likeness (QED) is 0.664. The molecule has 0 fully saturated rings. The average Bonchev–Trinajstić information content (AvgIpc) is 2.52. The largest absolute Gasteiger partial charge is 0.374 e. The molecule has 76 valence electrons. The van der Waals surface area contributed by atoms with Gasteiger partial charge in [-0.3, -0.25) is 4.99 Å². The molecular formula is C9H19N3O. The first kappa shape index (κ1) is 10.3. The Morgan fingerprint density at radius 3 is 2.92 bits per heavy atom. The Bertz CT molecular complexity index is 189. The highest BCUT2D eigenvalue weighted by Crippen LogP contribution is 2.06. The van der Waals surface area contributed by atoms with Gasteiger partial charge in [0.1, 0.15) is 0 Å². The Labute approximate surface area is 79.8 Å². The fraction of sp³-hybridized carbons (Fsp3) is 0.889. The molecule has 0 aromatic rings. The predicted molar refractivity (Wildman–Crippen MR) is 54.0 cm³/mol. The van der Waals surface area contributed by atoms with E-state index in [1.54, 1.807) is 0 Å². The molecule has 0 atom stereocenters. The molecule has 0 bridgehead atoms. The van der Waals surface area contributed by atoms with Crippen LogP contribution in [0.1, 0.15) is 20.8 Å². The van der Waals surface area contributed by atoms with Crippen molar-refractivity contribution >= 4 is 5.96 Å². The van der Waals surface area contributed by atoms with Gasteiger partial charge >= 0.3 is 0 Å². The summed E-state index contributed by atoms with van der Waals surface area (Å²) in [6.07, 6.45) is 0. The van der Waals surface area contributed by atoms with Crippen LogP contribution in [-0.4, -0.2) is 37.8 Å². The second kappa shape index (κ2) is 4.46. The van der Waals surface area contributed by atoms with Gasteiger partial charge in [0.15, 0.2) is 5.96 Å². The maximum absolute atomic E-state index is 5.54. The van der Waals surface area contributed by atoms with Gasteiger partial charge in [-0.1, -0.05) is 0 Å². The van der Waals surface area contributed by atoms with E-state index in [0.29, 0.717) is 0 Å². The van der Waals surface area contributed by atoms with E-state index in [1.165, 1.54) is 0 Å². The Balaban J connectivity index is 2.23. The van der Waals surface area contributed by atoms with Gasteiger partial charge in [0.2, 0.25) is 0 Å². The van der Waals surface area contributed by atoms with Crippen LogP contribution in [-0.2, 0) is 4.74 Å². The molecule has 0 radical (unpaired) electrons. The van der Waals surface area contributed by atoms with Crippen molar-refractivity contribution in [1.82, 2.24) is 10.6 Å². The molecule has 0 aromatic carbocycles. The summed E-state index contributed by atoms with van der Waals surface area (Å²) in [6, 6.07) is 0. The Morgan fingerprint density at radius 2 is 2.38 bits per heavy atom. The van der Waals surface area contributed by atoms with Crippen LogP contribution in [0.3, 0.4) is 0 Å². The van der Waals surface area contributed by atoms with Crippen LogP contribution in [0.2, 0.25) is 0 Å². The SMILES string of the molecule is CCOC(C)(C)CNC1=NCCN1. The normalized spacial score (nSPS) is 16.7. The van der Waals surface area contributed by atoms with Gasteiger partial charge in [-0.05, 0) is 20.8 Å². The molecule has 0 spiro atoms. The van der Waals surface area contributed by atoms with Gasteiger partial charge in [0.05, 0.1) is 12.1 Å². The van der Waals surface area contributed by atoms with Crippen LogP contribution in [0.15, 0.2) is 4.99 Å². The van der Waals surface area contributed by atoms with E-state index in [-0.39, 0.29) is 5.60 Å². The summed E-state index contributed by atoms with van der Waals surface area (Å²) in [5, 5.41) is 6.38. The molecule has 1 heterocycles. The number of hydrogen-bond acceptors (Lipinski definition) is 4. The lowest BCUT2D eigenvalue weighted by Gasteiger charge is -2.25. The molecule has 0 aromatic heterocycles. The van der Waals surface area contributed by atoms with Crippen molar-refractivity contribution in [1.29, 1.82) is 0 Å². The first-order chi connectivity index (χ1) is 6.14. The van der Waals surface area contributed by atoms with E-state index in [0.717, 1.165) is 32.2 Å². The third kappa shape index (κ3) is 3.63. The molecule has 4 heteroatoms. The third-order valence-corrected chi connectivity index (χ3v) is 1.89. The zero-order valence-electron chi connectivity index (χ0n) is 8.68. The van der Waals surface area contributed by atoms with Gasteiger partial charge in [-0.25, -0.2) is 0 Å². The number of aliphatic imine (C=N–C) groups is 1. The monoisotopic (exact) mass is 185 g/mol. The molecule has 0 unspecified atom stereocenters. The summed E-state index contributed by atoms with van der Waals surface area (Å²) in [6.45, 7) is 9.49. The van der Waals surface area contributed by atoms with E-state index in [2.05, 4.69) is 29.5 Å². The molecule has 1 aliphatic rings. The number of hydrogen-bond donors (Lipinski definition) is 2. The van der Waals surface area contributed by atoms with Crippen molar-refractivity contribution in [2.24, 2.45) is 4.99 Å². The molecule has 1 rings (SSSR count). The number of ether oxygens (including phenoxy) is 1. The van der Waals surface area contributed by atoms with Crippen LogP contribution < -0.4 is 10.6 Å². The van der Waals surface area contributed by atoms with Crippen LogP contribution in [0.5, 0.6) is 0 Å². The van der Waals surface area contributed by atoms with Crippen LogP contribution in [0.4, 0.5) is 0 Å². The van der Waals surface area contributed by atoms with Gasteiger partial charge in [-0.15, -0.1) is 0 Å².